The van der Waals surface area contributed by atoms with E-state index in [1.165, 1.54) is 32.6 Å². The van der Waals surface area contributed by atoms with Gasteiger partial charge in [0.15, 0.2) is 0 Å². The molecule has 0 spiro atoms. The molecule has 3 heterocycles. The third-order valence-electron chi connectivity index (χ3n) is 5.75. The Labute approximate surface area is 167 Å². The second-order valence-electron chi connectivity index (χ2n) is 7.55. The monoisotopic (exact) mass is 377 g/mol. The lowest BCUT2D eigenvalue weighted by molar-refractivity contribution is 0.864. The van der Waals surface area contributed by atoms with E-state index >= 15 is 0 Å². The average molecular weight is 377 g/mol. The van der Waals surface area contributed by atoms with Crippen molar-refractivity contribution in [1.29, 1.82) is 0 Å². The van der Waals surface area contributed by atoms with Gasteiger partial charge in [-0.05, 0) is 38.1 Å². The highest BCUT2D eigenvalue weighted by molar-refractivity contribution is 6.18. The lowest BCUT2D eigenvalue weighted by Crippen LogP contribution is -2.06. The summed E-state index contributed by atoms with van der Waals surface area (Å²) >= 11 is 0. The van der Waals surface area contributed by atoms with Gasteiger partial charge in [-0.25, -0.2) is 4.98 Å². The van der Waals surface area contributed by atoms with Crippen molar-refractivity contribution in [3.8, 4) is 5.95 Å². The van der Waals surface area contributed by atoms with E-state index in [0.717, 1.165) is 22.7 Å². The molecular formula is C24H19N5. The molecule has 0 aliphatic carbocycles. The summed E-state index contributed by atoms with van der Waals surface area (Å²) in [7, 11) is 2.13. The first-order chi connectivity index (χ1) is 14.1. The second kappa shape index (κ2) is 5.64. The molecule has 3 aromatic carbocycles. The Morgan fingerprint density at radius 1 is 0.586 bits per heavy atom. The van der Waals surface area contributed by atoms with Crippen molar-refractivity contribution in [3.63, 3.8) is 0 Å². The summed E-state index contributed by atoms with van der Waals surface area (Å²) in [5.41, 5.74) is 4.64. The molecule has 29 heavy (non-hydrogen) atoms. The molecule has 0 unspecified atom stereocenters. The summed E-state index contributed by atoms with van der Waals surface area (Å²) in [6.45, 7) is 3.82. The minimum Gasteiger partial charge on any atom is -0.344 e. The summed E-state index contributed by atoms with van der Waals surface area (Å²) in [5, 5.41) is 4.95. The molecule has 0 saturated heterocycles. The predicted molar refractivity (Wildman–Crippen MR) is 118 cm³/mol. The van der Waals surface area contributed by atoms with Gasteiger partial charge < -0.3 is 4.57 Å². The minimum absolute atomic E-state index is 0.666. The summed E-state index contributed by atoms with van der Waals surface area (Å²) in [4.78, 5) is 13.7. The summed E-state index contributed by atoms with van der Waals surface area (Å²) in [5.74, 6) is 2.12. The standard InChI is InChI=1S/C24H19N5/c1-14-25-15(2)27-24(26-14)29-21-11-7-5-9-17(21)19-12-18-16-8-4-6-10-20(16)28(3)22(18)13-23(19)29/h4-13H,1-3H3. The fourth-order valence-corrected chi connectivity index (χ4v) is 4.54. The summed E-state index contributed by atoms with van der Waals surface area (Å²) < 4.78 is 4.42. The SMILES string of the molecule is Cc1nc(C)nc(-n2c3ccccc3c3cc4c5ccccc5n(C)c4cc32)n1. The molecule has 5 heteroatoms. The van der Waals surface area contributed by atoms with Gasteiger partial charge in [-0.1, -0.05) is 36.4 Å². The molecule has 0 bridgehead atoms. The maximum Gasteiger partial charge on any atom is 0.238 e. The third-order valence-corrected chi connectivity index (χ3v) is 5.75. The average Bonchev–Trinajstić information content (AvgIpc) is 3.19. The number of aryl methyl sites for hydroxylation is 3. The van der Waals surface area contributed by atoms with Crippen LogP contribution in [0.3, 0.4) is 0 Å². The second-order valence-corrected chi connectivity index (χ2v) is 7.55. The first-order valence-corrected chi connectivity index (χ1v) is 9.72. The van der Waals surface area contributed by atoms with E-state index in [-0.39, 0.29) is 0 Å². The van der Waals surface area contributed by atoms with E-state index < -0.39 is 0 Å². The van der Waals surface area contributed by atoms with Gasteiger partial charge in [-0.3, -0.25) is 4.57 Å². The Bertz CT molecular complexity index is 1570. The van der Waals surface area contributed by atoms with Crippen LogP contribution in [0.1, 0.15) is 11.6 Å². The zero-order chi connectivity index (χ0) is 19.7. The molecule has 3 aromatic heterocycles. The Kier molecular flexibility index (Phi) is 3.16. The van der Waals surface area contributed by atoms with Crippen LogP contribution in [-0.4, -0.2) is 24.1 Å². The maximum atomic E-state index is 4.66. The number of hydrogen-bond donors (Lipinski definition) is 0. The number of hydrogen-bond acceptors (Lipinski definition) is 3. The van der Waals surface area contributed by atoms with Gasteiger partial charge in [0.1, 0.15) is 11.6 Å². The first-order valence-electron chi connectivity index (χ1n) is 9.72. The molecule has 0 aliphatic heterocycles. The fraction of sp³-hybridized carbons (Fsp3) is 0.125. The van der Waals surface area contributed by atoms with Gasteiger partial charge in [0, 0.05) is 34.1 Å². The molecule has 6 rings (SSSR count). The molecule has 0 amide bonds. The van der Waals surface area contributed by atoms with E-state index in [0.29, 0.717) is 5.95 Å². The van der Waals surface area contributed by atoms with E-state index in [1.807, 2.05) is 13.8 Å². The number of para-hydroxylation sites is 2. The Morgan fingerprint density at radius 2 is 1.17 bits per heavy atom. The van der Waals surface area contributed by atoms with Crippen molar-refractivity contribution in [2.24, 2.45) is 7.05 Å². The number of fused-ring (bicyclic) bond motifs is 6. The Balaban J connectivity index is 1.85. The van der Waals surface area contributed by atoms with Crippen LogP contribution in [0.5, 0.6) is 0 Å². The lowest BCUT2D eigenvalue weighted by atomic mass is 10.1. The van der Waals surface area contributed by atoms with Crippen LogP contribution in [0.25, 0.3) is 49.6 Å². The van der Waals surface area contributed by atoms with Crippen molar-refractivity contribution in [2.45, 2.75) is 13.8 Å². The van der Waals surface area contributed by atoms with Crippen molar-refractivity contribution < 1.29 is 0 Å². The number of nitrogens with zero attached hydrogens (tertiary/aromatic N) is 5. The van der Waals surface area contributed by atoms with Gasteiger partial charge >= 0.3 is 0 Å². The van der Waals surface area contributed by atoms with Crippen LogP contribution in [0.15, 0.2) is 60.7 Å². The van der Waals surface area contributed by atoms with Crippen LogP contribution < -0.4 is 0 Å². The first kappa shape index (κ1) is 16.2. The molecule has 0 aliphatic rings. The quantitative estimate of drug-likeness (QED) is 0.394. The van der Waals surface area contributed by atoms with Gasteiger partial charge in [0.2, 0.25) is 5.95 Å². The molecule has 0 N–H and O–H groups in total. The van der Waals surface area contributed by atoms with Crippen LogP contribution in [-0.2, 0) is 7.05 Å². The number of rotatable bonds is 1. The highest BCUT2D eigenvalue weighted by Gasteiger charge is 2.17. The van der Waals surface area contributed by atoms with Gasteiger partial charge in [0.05, 0.1) is 16.6 Å². The molecule has 0 fully saturated rings. The van der Waals surface area contributed by atoms with Gasteiger partial charge in [-0.2, -0.15) is 9.97 Å². The van der Waals surface area contributed by atoms with E-state index in [9.17, 15) is 0 Å². The summed E-state index contributed by atoms with van der Waals surface area (Å²) in [6.07, 6.45) is 0. The molecule has 0 atom stereocenters. The van der Waals surface area contributed by atoms with Crippen LogP contribution in [0.2, 0.25) is 0 Å². The molecule has 140 valence electrons. The van der Waals surface area contributed by atoms with Crippen LogP contribution >= 0.6 is 0 Å². The van der Waals surface area contributed by atoms with Crippen LogP contribution in [0.4, 0.5) is 0 Å². The largest absolute Gasteiger partial charge is 0.344 e. The normalized spacial score (nSPS) is 12.0. The lowest BCUT2D eigenvalue weighted by Gasteiger charge is -2.07. The Morgan fingerprint density at radius 3 is 1.90 bits per heavy atom. The van der Waals surface area contributed by atoms with Crippen molar-refractivity contribution in [1.82, 2.24) is 24.1 Å². The molecule has 6 aromatic rings. The zero-order valence-electron chi connectivity index (χ0n) is 16.5. The van der Waals surface area contributed by atoms with E-state index in [2.05, 4.69) is 91.8 Å². The van der Waals surface area contributed by atoms with E-state index in [1.54, 1.807) is 0 Å². The van der Waals surface area contributed by atoms with Gasteiger partial charge in [-0.15, -0.1) is 0 Å². The fourth-order valence-electron chi connectivity index (χ4n) is 4.54. The van der Waals surface area contributed by atoms with Crippen LogP contribution in [0, 0.1) is 13.8 Å². The molecular weight excluding hydrogens is 358 g/mol. The summed E-state index contributed by atoms with van der Waals surface area (Å²) in [6, 6.07) is 21.6. The van der Waals surface area contributed by atoms with Crippen molar-refractivity contribution >= 4 is 43.6 Å². The Hall–Kier alpha value is -3.73. The van der Waals surface area contributed by atoms with Crippen molar-refractivity contribution in [3.05, 3.63) is 72.3 Å². The molecule has 5 nitrogen and oxygen atoms in total. The topological polar surface area (TPSA) is 48.5 Å². The highest BCUT2D eigenvalue weighted by Crippen LogP contribution is 2.37. The smallest absolute Gasteiger partial charge is 0.238 e. The molecule has 0 radical (unpaired) electrons. The van der Waals surface area contributed by atoms with E-state index in [4.69, 9.17) is 0 Å². The zero-order valence-corrected chi connectivity index (χ0v) is 16.5. The predicted octanol–water partition coefficient (Wildman–Crippen LogP) is 5.23. The minimum atomic E-state index is 0.666. The molecule has 0 saturated carbocycles. The van der Waals surface area contributed by atoms with Crippen molar-refractivity contribution in [2.75, 3.05) is 0 Å². The maximum absolute atomic E-state index is 4.66. The third kappa shape index (κ3) is 2.18. The number of benzene rings is 3. The highest BCUT2D eigenvalue weighted by atomic mass is 15.2. The number of aromatic nitrogens is 5. The van der Waals surface area contributed by atoms with Gasteiger partial charge in [0.25, 0.3) is 0 Å².